The van der Waals surface area contributed by atoms with Crippen LogP contribution >= 0.6 is 12.6 Å². The molecule has 9 heavy (non-hydrogen) atoms. The normalized spacial score (nSPS) is 9.44. The molecular weight excluding hydrogens is 134 g/mol. The van der Waals surface area contributed by atoms with Gasteiger partial charge in [0.15, 0.2) is 17.8 Å². The quantitative estimate of drug-likeness (QED) is 0.434. The minimum Gasteiger partial charge on any atom is -0.503 e. The molecule has 2 nitrogen and oxygen atoms in total. The predicted molar refractivity (Wildman–Crippen MR) is 37.3 cm³/mol. The first kappa shape index (κ1) is 6.42. The third kappa shape index (κ3) is 1.61. The molecule has 0 aromatic carbocycles. The van der Waals surface area contributed by atoms with Crippen LogP contribution in [0.15, 0.2) is 24.5 Å². The van der Waals surface area contributed by atoms with E-state index in [1.54, 1.807) is 22.9 Å². The van der Waals surface area contributed by atoms with Gasteiger partial charge < -0.3 is 5.11 Å². The van der Waals surface area contributed by atoms with Crippen LogP contribution in [0.5, 0.6) is 5.75 Å². The number of pyridine rings is 1. The minimum absolute atomic E-state index is 0.270. The van der Waals surface area contributed by atoms with Crippen LogP contribution in [-0.2, 0) is 5.88 Å². The smallest absolute Gasteiger partial charge is 0.211 e. The number of aromatic hydroxyl groups is 1. The highest BCUT2D eigenvalue weighted by molar-refractivity contribution is 7.78. The van der Waals surface area contributed by atoms with E-state index in [0.29, 0.717) is 5.88 Å². The lowest BCUT2D eigenvalue weighted by Gasteiger charge is -1.88. The van der Waals surface area contributed by atoms with Gasteiger partial charge in [0.1, 0.15) is 0 Å². The number of hydrogen-bond donors (Lipinski definition) is 2. The van der Waals surface area contributed by atoms with Crippen molar-refractivity contribution >= 4 is 12.6 Å². The molecule has 0 aliphatic carbocycles. The predicted octanol–water partition coefficient (Wildman–Crippen LogP) is 0.567. The zero-order chi connectivity index (χ0) is 6.69. The molecule has 0 saturated carbocycles. The van der Waals surface area contributed by atoms with Crippen molar-refractivity contribution in [3.8, 4) is 5.75 Å². The molecule has 0 amide bonds. The second-order valence-corrected chi connectivity index (χ2v) is 2.00. The minimum atomic E-state index is 0.270. The van der Waals surface area contributed by atoms with Crippen LogP contribution in [0.1, 0.15) is 0 Å². The zero-order valence-electron chi connectivity index (χ0n) is 4.86. The first-order chi connectivity index (χ1) is 4.33. The molecular formula is C6H8NOS+. The lowest BCUT2D eigenvalue weighted by Crippen LogP contribution is -2.29. The summed E-state index contributed by atoms with van der Waals surface area (Å²) in [7, 11) is 0. The van der Waals surface area contributed by atoms with E-state index in [1.807, 2.05) is 6.20 Å². The third-order valence-corrected chi connectivity index (χ3v) is 1.33. The molecule has 0 radical (unpaired) electrons. The number of nitrogens with zero attached hydrogens (tertiary/aromatic N) is 1. The van der Waals surface area contributed by atoms with E-state index in [-0.39, 0.29) is 5.75 Å². The van der Waals surface area contributed by atoms with Crippen molar-refractivity contribution in [3.05, 3.63) is 24.5 Å². The topological polar surface area (TPSA) is 24.1 Å². The summed E-state index contributed by atoms with van der Waals surface area (Å²) in [4.78, 5) is 0. The molecule has 3 heteroatoms. The fourth-order valence-electron chi connectivity index (χ4n) is 0.596. The van der Waals surface area contributed by atoms with Crippen LogP contribution < -0.4 is 4.57 Å². The fourth-order valence-corrected chi connectivity index (χ4v) is 0.772. The average molecular weight is 142 g/mol. The summed E-state index contributed by atoms with van der Waals surface area (Å²) in [5, 5.41) is 8.89. The van der Waals surface area contributed by atoms with E-state index in [9.17, 15) is 0 Å². The zero-order valence-corrected chi connectivity index (χ0v) is 5.75. The summed E-state index contributed by atoms with van der Waals surface area (Å²) in [6.45, 7) is 0. The second-order valence-electron chi connectivity index (χ2n) is 1.72. The maximum absolute atomic E-state index is 8.89. The van der Waals surface area contributed by atoms with Crippen molar-refractivity contribution in [2.45, 2.75) is 5.88 Å². The Balaban J connectivity index is 2.94. The summed E-state index contributed by atoms with van der Waals surface area (Å²) in [5.74, 6) is 0.862. The van der Waals surface area contributed by atoms with Crippen molar-refractivity contribution in [1.29, 1.82) is 0 Å². The summed E-state index contributed by atoms with van der Waals surface area (Å²) in [5.41, 5.74) is 0. The van der Waals surface area contributed by atoms with Crippen molar-refractivity contribution in [1.82, 2.24) is 0 Å². The highest BCUT2D eigenvalue weighted by atomic mass is 32.1. The standard InChI is InChI=1S/C6H7NOS/c8-6-2-1-3-7(4-6)5-9/h1-4H,5H2,(H-,8,9)/p+1. The fraction of sp³-hybridized carbons (Fsp3) is 0.167. The Hall–Kier alpha value is -0.700. The average Bonchev–Trinajstić information content (AvgIpc) is 1.88. The van der Waals surface area contributed by atoms with Gasteiger partial charge in [-0.25, -0.2) is 0 Å². The van der Waals surface area contributed by atoms with Crippen molar-refractivity contribution < 1.29 is 9.67 Å². The van der Waals surface area contributed by atoms with Crippen molar-refractivity contribution in [3.63, 3.8) is 0 Å². The van der Waals surface area contributed by atoms with Crippen LogP contribution in [0.4, 0.5) is 0 Å². The van der Waals surface area contributed by atoms with Gasteiger partial charge >= 0.3 is 0 Å². The van der Waals surface area contributed by atoms with Crippen LogP contribution in [0.25, 0.3) is 0 Å². The van der Waals surface area contributed by atoms with Gasteiger partial charge in [-0.05, 0) is 6.07 Å². The SMILES string of the molecule is Oc1ccc[n+](CS)c1. The van der Waals surface area contributed by atoms with E-state index in [4.69, 9.17) is 5.11 Å². The molecule has 48 valence electrons. The maximum atomic E-state index is 8.89. The monoisotopic (exact) mass is 142 g/mol. The Labute approximate surface area is 59.2 Å². The van der Waals surface area contributed by atoms with Gasteiger partial charge in [-0.1, -0.05) is 0 Å². The molecule has 0 fully saturated rings. The number of hydrogen-bond acceptors (Lipinski definition) is 2. The molecule has 1 aromatic heterocycles. The Morgan fingerprint density at radius 1 is 1.67 bits per heavy atom. The molecule has 0 spiro atoms. The number of rotatable bonds is 1. The molecule has 1 rings (SSSR count). The van der Waals surface area contributed by atoms with Gasteiger partial charge in [0, 0.05) is 6.07 Å². The number of thiol groups is 1. The summed E-state index contributed by atoms with van der Waals surface area (Å²) in [6, 6.07) is 3.39. The lowest BCUT2D eigenvalue weighted by molar-refractivity contribution is -0.675. The van der Waals surface area contributed by atoms with E-state index in [1.165, 1.54) is 0 Å². The Morgan fingerprint density at radius 2 is 2.44 bits per heavy atom. The molecule has 0 unspecified atom stereocenters. The Morgan fingerprint density at radius 3 is 2.89 bits per heavy atom. The molecule has 0 atom stereocenters. The second kappa shape index (κ2) is 2.73. The van der Waals surface area contributed by atoms with E-state index >= 15 is 0 Å². The molecule has 0 aliphatic rings. The highest BCUT2D eigenvalue weighted by Gasteiger charge is 1.94. The van der Waals surface area contributed by atoms with Crippen LogP contribution in [0.3, 0.4) is 0 Å². The third-order valence-electron chi connectivity index (χ3n) is 1.01. The first-order valence-corrected chi connectivity index (χ1v) is 3.25. The number of aromatic nitrogens is 1. The van der Waals surface area contributed by atoms with E-state index < -0.39 is 0 Å². The maximum Gasteiger partial charge on any atom is 0.211 e. The highest BCUT2D eigenvalue weighted by Crippen LogP contribution is 1.99. The van der Waals surface area contributed by atoms with E-state index in [2.05, 4.69) is 12.6 Å². The summed E-state index contributed by atoms with van der Waals surface area (Å²) < 4.78 is 1.78. The Kier molecular flexibility index (Phi) is 1.95. The largest absolute Gasteiger partial charge is 0.503 e. The van der Waals surface area contributed by atoms with E-state index in [0.717, 1.165) is 0 Å². The molecule has 1 aromatic rings. The van der Waals surface area contributed by atoms with Gasteiger partial charge in [0.2, 0.25) is 6.20 Å². The molecule has 1 heterocycles. The Bertz CT molecular complexity index is 202. The molecule has 0 aliphatic heterocycles. The van der Waals surface area contributed by atoms with Gasteiger partial charge in [0.25, 0.3) is 0 Å². The molecule has 0 bridgehead atoms. The molecule has 1 N–H and O–H groups in total. The van der Waals surface area contributed by atoms with Crippen LogP contribution in [0.2, 0.25) is 0 Å². The van der Waals surface area contributed by atoms with Crippen LogP contribution in [0, 0.1) is 0 Å². The first-order valence-electron chi connectivity index (χ1n) is 2.62. The van der Waals surface area contributed by atoms with Crippen molar-refractivity contribution in [2.24, 2.45) is 0 Å². The van der Waals surface area contributed by atoms with Gasteiger partial charge in [-0.3, -0.25) is 0 Å². The van der Waals surface area contributed by atoms with Gasteiger partial charge in [0.05, 0.1) is 0 Å². The summed E-state index contributed by atoms with van der Waals surface area (Å²) >= 11 is 4.01. The van der Waals surface area contributed by atoms with Gasteiger partial charge in [-0.2, -0.15) is 4.57 Å². The van der Waals surface area contributed by atoms with Crippen molar-refractivity contribution in [2.75, 3.05) is 0 Å². The van der Waals surface area contributed by atoms with Gasteiger partial charge in [-0.15, -0.1) is 12.6 Å². The molecule has 0 saturated heterocycles. The summed E-state index contributed by atoms with van der Waals surface area (Å²) in [6.07, 6.45) is 3.46. The lowest BCUT2D eigenvalue weighted by atomic mass is 10.5. The van der Waals surface area contributed by atoms with Crippen LogP contribution in [-0.4, -0.2) is 5.11 Å².